The topological polar surface area (TPSA) is 55.3 Å². The molecule has 0 radical (unpaired) electrons. The van der Waals surface area contributed by atoms with Crippen molar-refractivity contribution in [2.45, 2.75) is 13.5 Å². The Labute approximate surface area is 138 Å². The van der Waals surface area contributed by atoms with E-state index in [2.05, 4.69) is 9.97 Å². The Morgan fingerprint density at radius 3 is 2.68 bits per heavy atom. The van der Waals surface area contributed by atoms with Gasteiger partial charge in [-0.05, 0) is 30.7 Å². The van der Waals surface area contributed by atoms with E-state index in [1.54, 1.807) is 23.1 Å². The van der Waals surface area contributed by atoms with Gasteiger partial charge >= 0.3 is 6.01 Å². The van der Waals surface area contributed by atoms with Crippen LogP contribution in [-0.2, 0) is 6.54 Å². The van der Waals surface area contributed by atoms with Crippen molar-refractivity contribution in [3.05, 3.63) is 51.8 Å². The largest absolute Gasteiger partial charge is 0.467 e. The Morgan fingerprint density at radius 1 is 1.27 bits per heavy atom. The second-order valence-corrected chi connectivity index (χ2v) is 5.31. The number of carbonyl (C=O) groups excluding carboxylic acids is 1. The van der Waals surface area contributed by atoms with E-state index in [4.69, 9.17) is 27.9 Å². The van der Waals surface area contributed by atoms with Gasteiger partial charge in [-0.15, -0.1) is 0 Å². The Balaban J connectivity index is 2.19. The summed E-state index contributed by atoms with van der Waals surface area (Å²) in [5, 5.41) is 0.951. The van der Waals surface area contributed by atoms with Gasteiger partial charge in [-0.2, -0.15) is 4.98 Å². The van der Waals surface area contributed by atoms with Crippen molar-refractivity contribution < 1.29 is 9.53 Å². The molecule has 0 saturated heterocycles. The standard InChI is InChI=1S/C15H15Cl2N3O2/c1-3-20(9-10-4-5-11(16)12(17)8-10)14(21)13-6-7-18-15(19-13)22-2/h4-8H,3,9H2,1-2H3. The van der Waals surface area contributed by atoms with Crippen LogP contribution in [0.15, 0.2) is 30.5 Å². The Bertz CT molecular complexity index is 680. The summed E-state index contributed by atoms with van der Waals surface area (Å²) in [6, 6.07) is 7.02. The second kappa shape index (κ2) is 7.42. The summed E-state index contributed by atoms with van der Waals surface area (Å²) in [6.07, 6.45) is 1.49. The van der Waals surface area contributed by atoms with Gasteiger partial charge in [0.2, 0.25) is 0 Å². The number of hydrogen-bond donors (Lipinski definition) is 0. The summed E-state index contributed by atoms with van der Waals surface area (Å²) in [7, 11) is 1.46. The number of benzene rings is 1. The lowest BCUT2D eigenvalue weighted by Gasteiger charge is -2.20. The van der Waals surface area contributed by atoms with Crippen LogP contribution in [0.5, 0.6) is 6.01 Å². The number of amides is 1. The van der Waals surface area contributed by atoms with Crippen LogP contribution in [-0.4, -0.2) is 34.4 Å². The number of halogens is 2. The van der Waals surface area contributed by atoms with Gasteiger partial charge in [-0.3, -0.25) is 4.79 Å². The maximum Gasteiger partial charge on any atom is 0.316 e. The molecule has 0 fully saturated rings. The minimum Gasteiger partial charge on any atom is -0.467 e. The maximum atomic E-state index is 12.5. The molecule has 0 aliphatic rings. The number of hydrogen-bond acceptors (Lipinski definition) is 4. The summed E-state index contributed by atoms with van der Waals surface area (Å²) in [6.45, 7) is 2.85. The maximum absolute atomic E-state index is 12.5. The molecule has 0 bridgehead atoms. The van der Waals surface area contributed by atoms with Crippen molar-refractivity contribution >= 4 is 29.1 Å². The van der Waals surface area contributed by atoms with E-state index < -0.39 is 0 Å². The zero-order valence-electron chi connectivity index (χ0n) is 12.2. The van der Waals surface area contributed by atoms with Crippen LogP contribution in [0.4, 0.5) is 0 Å². The first-order chi connectivity index (χ1) is 10.5. The highest BCUT2D eigenvalue weighted by molar-refractivity contribution is 6.42. The molecule has 0 aliphatic heterocycles. The fourth-order valence-corrected chi connectivity index (χ4v) is 2.23. The summed E-state index contributed by atoms with van der Waals surface area (Å²) in [4.78, 5) is 22.1. The van der Waals surface area contributed by atoms with Crippen LogP contribution in [0.25, 0.3) is 0 Å². The molecular formula is C15H15Cl2N3O2. The minimum absolute atomic E-state index is 0.163. The third-order valence-electron chi connectivity index (χ3n) is 3.06. The molecule has 5 nitrogen and oxygen atoms in total. The molecule has 1 amide bonds. The molecule has 2 aromatic rings. The Kier molecular flexibility index (Phi) is 5.57. The highest BCUT2D eigenvalue weighted by Crippen LogP contribution is 2.23. The third-order valence-corrected chi connectivity index (χ3v) is 3.80. The molecule has 1 aromatic carbocycles. The summed E-state index contributed by atoms with van der Waals surface area (Å²) in [5.74, 6) is -0.200. The van der Waals surface area contributed by atoms with E-state index in [0.717, 1.165) is 5.56 Å². The van der Waals surface area contributed by atoms with Crippen molar-refractivity contribution in [3.63, 3.8) is 0 Å². The molecule has 1 heterocycles. The first-order valence-corrected chi connectivity index (χ1v) is 7.41. The first-order valence-electron chi connectivity index (χ1n) is 6.65. The predicted molar refractivity (Wildman–Crippen MR) is 85.5 cm³/mol. The average Bonchev–Trinajstić information content (AvgIpc) is 2.55. The Hall–Kier alpha value is -1.85. The van der Waals surface area contributed by atoms with Gasteiger partial charge in [0, 0.05) is 19.3 Å². The van der Waals surface area contributed by atoms with Crippen LogP contribution in [0, 0.1) is 0 Å². The van der Waals surface area contributed by atoms with Crippen molar-refractivity contribution in [1.29, 1.82) is 0 Å². The number of carbonyl (C=O) groups is 1. The smallest absolute Gasteiger partial charge is 0.316 e. The Morgan fingerprint density at radius 2 is 2.05 bits per heavy atom. The normalized spacial score (nSPS) is 10.4. The van der Waals surface area contributed by atoms with Crippen LogP contribution in [0.2, 0.25) is 10.0 Å². The highest BCUT2D eigenvalue weighted by Gasteiger charge is 2.17. The molecule has 0 N–H and O–H groups in total. The predicted octanol–water partition coefficient (Wildman–Crippen LogP) is 3.45. The summed E-state index contributed by atoms with van der Waals surface area (Å²) < 4.78 is 4.94. The van der Waals surface area contributed by atoms with Crippen molar-refractivity contribution in [3.8, 4) is 6.01 Å². The third kappa shape index (κ3) is 3.87. The molecule has 116 valence electrons. The lowest BCUT2D eigenvalue weighted by Crippen LogP contribution is -2.31. The van der Waals surface area contributed by atoms with Crippen molar-refractivity contribution in [2.24, 2.45) is 0 Å². The molecular weight excluding hydrogens is 325 g/mol. The zero-order chi connectivity index (χ0) is 16.1. The van der Waals surface area contributed by atoms with Crippen LogP contribution in [0.1, 0.15) is 23.0 Å². The number of rotatable bonds is 5. The fourth-order valence-electron chi connectivity index (χ4n) is 1.91. The van der Waals surface area contributed by atoms with E-state index in [9.17, 15) is 4.79 Å². The molecule has 22 heavy (non-hydrogen) atoms. The average molecular weight is 340 g/mol. The molecule has 0 unspecified atom stereocenters. The SMILES string of the molecule is CCN(Cc1ccc(Cl)c(Cl)c1)C(=O)c1ccnc(OC)n1. The highest BCUT2D eigenvalue weighted by atomic mass is 35.5. The van der Waals surface area contributed by atoms with Gasteiger partial charge in [0.05, 0.1) is 17.2 Å². The number of nitrogens with zero attached hydrogens (tertiary/aromatic N) is 3. The van der Waals surface area contributed by atoms with E-state index in [1.807, 2.05) is 13.0 Å². The fraction of sp³-hybridized carbons (Fsp3) is 0.267. The quantitative estimate of drug-likeness (QED) is 0.837. The van der Waals surface area contributed by atoms with Gasteiger partial charge < -0.3 is 9.64 Å². The molecule has 2 rings (SSSR count). The van der Waals surface area contributed by atoms with E-state index in [1.165, 1.54) is 13.3 Å². The van der Waals surface area contributed by atoms with E-state index in [-0.39, 0.29) is 17.6 Å². The monoisotopic (exact) mass is 339 g/mol. The van der Waals surface area contributed by atoms with Gasteiger partial charge in [0.1, 0.15) is 5.69 Å². The van der Waals surface area contributed by atoms with Crippen molar-refractivity contribution in [2.75, 3.05) is 13.7 Å². The number of ether oxygens (including phenoxy) is 1. The second-order valence-electron chi connectivity index (χ2n) is 4.50. The lowest BCUT2D eigenvalue weighted by molar-refractivity contribution is 0.0745. The van der Waals surface area contributed by atoms with Crippen LogP contribution in [0.3, 0.4) is 0 Å². The van der Waals surface area contributed by atoms with Crippen LogP contribution < -0.4 is 4.74 Å². The molecule has 0 saturated carbocycles. The molecule has 0 spiro atoms. The van der Waals surface area contributed by atoms with Gasteiger partial charge in [-0.25, -0.2) is 4.98 Å². The van der Waals surface area contributed by atoms with Gasteiger partial charge in [0.15, 0.2) is 0 Å². The van der Waals surface area contributed by atoms with Crippen molar-refractivity contribution in [1.82, 2.24) is 14.9 Å². The first kappa shape index (κ1) is 16.5. The molecule has 1 aromatic heterocycles. The molecule has 0 atom stereocenters. The van der Waals surface area contributed by atoms with E-state index in [0.29, 0.717) is 23.1 Å². The van der Waals surface area contributed by atoms with Crippen LogP contribution >= 0.6 is 23.2 Å². The minimum atomic E-state index is -0.200. The van der Waals surface area contributed by atoms with E-state index >= 15 is 0 Å². The summed E-state index contributed by atoms with van der Waals surface area (Å²) >= 11 is 11.9. The number of methoxy groups -OCH3 is 1. The lowest BCUT2D eigenvalue weighted by atomic mass is 10.2. The molecule has 0 aliphatic carbocycles. The summed E-state index contributed by atoms with van der Waals surface area (Å²) in [5.41, 5.74) is 1.18. The number of aromatic nitrogens is 2. The zero-order valence-corrected chi connectivity index (χ0v) is 13.7. The van der Waals surface area contributed by atoms with Gasteiger partial charge in [-0.1, -0.05) is 29.3 Å². The molecule has 7 heteroatoms. The van der Waals surface area contributed by atoms with Gasteiger partial charge in [0.25, 0.3) is 5.91 Å².